The van der Waals surface area contributed by atoms with E-state index in [1.807, 2.05) is 18.2 Å². The van der Waals surface area contributed by atoms with Crippen LogP contribution in [0.4, 0.5) is 0 Å². The third kappa shape index (κ3) is 3.70. The van der Waals surface area contributed by atoms with Crippen molar-refractivity contribution in [1.82, 2.24) is 15.0 Å². The summed E-state index contributed by atoms with van der Waals surface area (Å²) < 4.78 is 26.5. The van der Waals surface area contributed by atoms with Crippen LogP contribution in [0.5, 0.6) is 0 Å². The summed E-state index contributed by atoms with van der Waals surface area (Å²) in [5.74, 6) is -0.0528. The number of nitrogens with zero attached hydrogens (tertiary/aromatic N) is 3. The van der Waals surface area contributed by atoms with Gasteiger partial charge in [0.25, 0.3) is 5.56 Å². The number of benzene rings is 3. The van der Waals surface area contributed by atoms with Gasteiger partial charge in [-0.15, -0.1) is 5.10 Å². The van der Waals surface area contributed by atoms with Crippen molar-refractivity contribution in [2.75, 3.05) is 0 Å². The SMILES string of the molecule is O=c1c2ccccc2nnn1Cc1ccc(S(=O)(=O)Cc2ccccc2)cc1. The molecule has 1 aromatic heterocycles. The van der Waals surface area contributed by atoms with E-state index in [4.69, 9.17) is 0 Å². The highest BCUT2D eigenvalue weighted by atomic mass is 32.2. The van der Waals surface area contributed by atoms with Gasteiger partial charge in [-0.25, -0.2) is 13.1 Å². The lowest BCUT2D eigenvalue weighted by Gasteiger charge is -2.08. The van der Waals surface area contributed by atoms with E-state index in [0.29, 0.717) is 10.9 Å². The second-order valence-corrected chi connectivity index (χ2v) is 8.45. The van der Waals surface area contributed by atoms with Crippen molar-refractivity contribution < 1.29 is 8.42 Å². The van der Waals surface area contributed by atoms with Crippen molar-refractivity contribution in [3.8, 4) is 0 Å². The van der Waals surface area contributed by atoms with Crippen LogP contribution >= 0.6 is 0 Å². The molecule has 0 aliphatic rings. The quantitative estimate of drug-likeness (QED) is 0.522. The van der Waals surface area contributed by atoms with Crippen LogP contribution in [0.3, 0.4) is 0 Å². The third-order valence-electron chi connectivity index (χ3n) is 4.44. The van der Waals surface area contributed by atoms with Crippen LogP contribution in [0.1, 0.15) is 11.1 Å². The number of fused-ring (bicyclic) bond motifs is 1. The third-order valence-corrected chi connectivity index (χ3v) is 6.15. The van der Waals surface area contributed by atoms with E-state index in [0.717, 1.165) is 11.1 Å². The van der Waals surface area contributed by atoms with Crippen LogP contribution in [-0.4, -0.2) is 23.4 Å². The summed E-state index contributed by atoms with van der Waals surface area (Å²) in [6.07, 6.45) is 0. The second kappa shape index (κ2) is 7.36. The minimum absolute atomic E-state index is 0.0528. The molecule has 0 amide bonds. The van der Waals surface area contributed by atoms with Crippen molar-refractivity contribution in [2.45, 2.75) is 17.2 Å². The number of aromatic nitrogens is 3. The van der Waals surface area contributed by atoms with Crippen LogP contribution in [-0.2, 0) is 22.1 Å². The number of sulfone groups is 1. The summed E-state index contributed by atoms with van der Waals surface area (Å²) in [4.78, 5) is 12.8. The zero-order chi connectivity index (χ0) is 19.6. The summed E-state index contributed by atoms with van der Waals surface area (Å²) >= 11 is 0. The Balaban J connectivity index is 1.57. The van der Waals surface area contributed by atoms with Gasteiger partial charge in [0.1, 0.15) is 5.52 Å². The minimum Gasteiger partial charge on any atom is -0.267 e. The van der Waals surface area contributed by atoms with E-state index in [1.165, 1.54) is 4.68 Å². The summed E-state index contributed by atoms with van der Waals surface area (Å²) in [5.41, 5.74) is 1.83. The Kier molecular flexibility index (Phi) is 4.75. The van der Waals surface area contributed by atoms with Gasteiger partial charge in [-0.3, -0.25) is 4.79 Å². The molecule has 4 aromatic rings. The molecule has 0 unspecified atom stereocenters. The van der Waals surface area contributed by atoms with E-state index in [2.05, 4.69) is 10.3 Å². The van der Waals surface area contributed by atoms with Gasteiger partial charge in [0.2, 0.25) is 0 Å². The molecular weight excluding hydrogens is 374 g/mol. The maximum atomic E-state index is 12.6. The molecule has 3 aromatic carbocycles. The molecule has 28 heavy (non-hydrogen) atoms. The zero-order valence-electron chi connectivity index (χ0n) is 14.9. The van der Waals surface area contributed by atoms with Crippen LogP contribution < -0.4 is 5.56 Å². The monoisotopic (exact) mass is 391 g/mol. The first-order chi connectivity index (χ1) is 13.5. The lowest BCUT2D eigenvalue weighted by molar-refractivity contribution is 0.594. The molecule has 0 spiro atoms. The van der Waals surface area contributed by atoms with Gasteiger partial charge in [0, 0.05) is 0 Å². The van der Waals surface area contributed by atoms with Gasteiger partial charge in [-0.1, -0.05) is 59.8 Å². The molecule has 4 rings (SSSR count). The largest absolute Gasteiger partial charge is 0.277 e. The molecule has 0 saturated carbocycles. The molecule has 140 valence electrons. The Hall–Kier alpha value is -3.32. The van der Waals surface area contributed by atoms with Gasteiger partial charge < -0.3 is 0 Å². The summed E-state index contributed by atoms with van der Waals surface area (Å²) in [7, 11) is -3.44. The Bertz CT molecular complexity index is 1280. The van der Waals surface area contributed by atoms with E-state index >= 15 is 0 Å². The summed E-state index contributed by atoms with van der Waals surface area (Å²) in [6, 6.07) is 22.6. The van der Waals surface area contributed by atoms with Crippen LogP contribution in [0.15, 0.2) is 88.6 Å². The lowest BCUT2D eigenvalue weighted by Crippen LogP contribution is -2.24. The highest BCUT2D eigenvalue weighted by molar-refractivity contribution is 7.90. The van der Waals surface area contributed by atoms with Gasteiger partial charge in [-0.05, 0) is 35.4 Å². The number of hydrogen-bond donors (Lipinski definition) is 0. The molecule has 0 aliphatic carbocycles. The molecule has 1 heterocycles. The Morgan fingerprint density at radius 2 is 1.46 bits per heavy atom. The van der Waals surface area contributed by atoms with Crippen LogP contribution in [0, 0.1) is 0 Å². The standard InChI is InChI=1S/C21H17N3O3S/c25-21-19-8-4-5-9-20(19)22-23-24(21)14-16-10-12-18(13-11-16)28(26,27)15-17-6-2-1-3-7-17/h1-13H,14-15H2. The molecule has 0 N–H and O–H groups in total. The predicted molar refractivity (Wildman–Crippen MR) is 107 cm³/mol. The first-order valence-electron chi connectivity index (χ1n) is 8.71. The minimum atomic E-state index is -3.44. The first-order valence-corrected chi connectivity index (χ1v) is 10.4. The van der Waals surface area contributed by atoms with Crippen molar-refractivity contribution in [3.63, 3.8) is 0 Å². The fraction of sp³-hybridized carbons (Fsp3) is 0.0952. The molecule has 0 atom stereocenters. The summed E-state index contributed by atoms with van der Waals surface area (Å²) in [6.45, 7) is 0.218. The van der Waals surface area contributed by atoms with Crippen LogP contribution in [0.2, 0.25) is 0 Å². The Morgan fingerprint density at radius 1 is 0.786 bits per heavy atom. The van der Waals surface area contributed by atoms with Crippen LogP contribution in [0.25, 0.3) is 10.9 Å². The summed E-state index contributed by atoms with van der Waals surface area (Å²) in [5, 5.41) is 8.52. The molecule has 0 bridgehead atoms. The van der Waals surface area contributed by atoms with Gasteiger partial charge in [0.15, 0.2) is 9.84 Å². The van der Waals surface area contributed by atoms with Gasteiger partial charge >= 0.3 is 0 Å². The van der Waals surface area contributed by atoms with E-state index in [9.17, 15) is 13.2 Å². The topological polar surface area (TPSA) is 81.9 Å². The van der Waals surface area contributed by atoms with E-state index in [-0.39, 0.29) is 22.8 Å². The fourth-order valence-corrected chi connectivity index (χ4v) is 4.33. The average molecular weight is 391 g/mol. The smallest absolute Gasteiger partial charge is 0.267 e. The maximum absolute atomic E-state index is 12.6. The average Bonchev–Trinajstić information content (AvgIpc) is 2.71. The molecule has 0 saturated heterocycles. The normalized spacial score (nSPS) is 11.6. The van der Waals surface area contributed by atoms with E-state index in [1.54, 1.807) is 60.7 Å². The van der Waals surface area contributed by atoms with Crippen molar-refractivity contribution in [2.24, 2.45) is 0 Å². The van der Waals surface area contributed by atoms with Gasteiger partial charge in [-0.2, -0.15) is 0 Å². The molecule has 7 heteroatoms. The maximum Gasteiger partial charge on any atom is 0.277 e. The second-order valence-electron chi connectivity index (χ2n) is 6.46. The lowest BCUT2D eigenvalue weighted by atomic mass is 10.2. The Morgan fingerprint density at radius 3 is 2.21 bits per heavy atom. The van der Waals surface area contributed by atoms with E-state index < -0.39 is 9.84 Å². The van der Waals surface area contributed by atoms with Gasteiger partial charge in [0.05, 0.1) is 22.6 Å². The highest BCUT2D eigenvalue weighted by Crippen LogP contribution is 2.17. The zero-order valence-corrected chi connectivity index (χ0v) is 15.7. The molecule has 0 radical (unpaired) electrons. The highest BCUT2D eigenvalue weighted by Gasteiger charge is 2.15. The Labute approximate surface area is 162 Å². The fourth-order valence-electron chi connectivity index (χ4n) is 2.98. The molecule has 0 aliphatic heterocycles. The van der Waals surface area contributed by atoms with Crippen molar-refractivity contribution in [1.29, 1.82) is 0 Å². The molecule has 6 nitrogen and oxygen atoms in total. The molecular formula is C21H17N3O3S. The van der Waals surface area contributed by atoms with Crippen molar-refractivity contribution in [3.05, 3.63) is 100 Å². The number of rotatable bonds is 5. The number of hydrogen-bond acceptors (Lipinski definition) is 5. The van der Waals surface area contributed by atoms with Crippen molar-refractivity contribution >= 4 is 20.7 Å². The first kappa shape index (κ1) is 18.1. The predicted octanol–water partition coefficient (Wildman–Crippen LogP) is 2.81. The molecule has 0 fully saturated rings.